The van der Waals surface area contributed by atoms with E-state index in [1.54, 1.807) is 6.92 Å². The van der Waals surface area contributed by atoms with Crippen LogP contribution in [0.5, 0.6) is 0 Å². The fourth-order valence-electron chi connectivity index (χ4n) is 2.16. The molecule has 0 aromatic heterocycles. The van der Waals surface area contributed by atoms with Crippen molar-refractivity contribution in [1.29, 1.82) is 0 Å². The molecule has 0 aliphatic carbocycles. The van der Waals surface area contributed by atoms with E-state index in [4.69, 9.17) is 16.3 Å². The van der Waals surface area contributed by atoms with Crippen LogP contribution in [0.3, 0.4) is 0 Å². The number of rotatable bonds is 4. The minimum absolute atomic E-state index is 0.0359. The maximum absolute atomic E-state index is 11.8. The first-order chi connectivity index (χ1) is 7.38. The number of carbonyl (C=O) groups excluding carboxylic acids is 1. The number of likely N-dealkylation sites (tertiary alicyclic amines) is 1. The monoisotopic (exact) mass is 247 g/mol. The first-order valence-corrected chi connectivity index (χ1v) is 6.32. The van der Waals surface area contributed by atoms with Crippen molar-refractivity contribution < 1.29 is 9.53 Å². The summed E-state index contributed by atoms with van der Waals surface area (Å²) < 4.78 is 5.47. The number of hydrogen-bond acceptors (Lipinski definition) is 2. The number of hydrogen-bond donors (Lipinski definition) is 0. The van der Waals surface area contributed by atoms with Crippen molar-refractivity contribution in [3.05, 3.63) is 0 Å². The molecule has 2 atom stereocenters. The van der Waals surface area contributed by atoms with Gasteiger partial charge in [-0.3, -0.25) is 4.79 Å². The zero-order chi connectivity index (χ0) is 12.3. The molecule has 0 aromatic carbocycles. The van der Waals surface area contributed by atoms with Crippen LogP contribution in [0.25, 0.3) is 0 Å². The lowest BCUT2D eigenvalue weighted by Gasteiger charge is -2.24. The molecule has 1 aliphatic heterocycles. The highest BCUT2D eigenvalue weighted by Crippen LogP contribution is 2.35. The van der Waals surface area contributed by atoms with Gasteiger partial charge in [0, 0.05) is 25.6 Å². The Kier molecular flexibility index (Phi) is 4.62. The Bertz CT molecular complexity index is 253. The van der Waals surface area contributed by atoms with Crippen LogP contribution in [0.15, 0.2) is 0 Å². The van der Waals surface area contributed by atoms with E-state index in [0.29, 0.717) is 5.92 Å². The lowest BCUT2D eigenvalue weighted by molar-refractivity contribution is -0.129. The molecule has 1 amide bonds. The number of amides is 1. The Morgan fingerprint density at radius 3 is 2.75 bits per heavy atom. The second-order valence-electron chi connectivity index (χ2n) is 5.18. The lowest BCUT2D eigenvalue weighted by atomic mass is 9.83. The molecule has 0 saturated carbocycles. The summed E-state index contributed by atoms with van der Waals surface area (Å²) in [7, 11) is 0. The first kappa shape index (κ1) is 13.8. The van der Waals surface area contributed by atoms with Crippen LogP contribution in [-0.4, -0.2) is 42.5 Å². The van der Waals surface area contributed by atoms with Gasteiger partial charge < -0.3 is 9.64 Å². The van der Waals surface area contributed by atoms with Crippen molar-refractivity contribution in [3.63, 3.8) is 0 Å². The molecule has 0 bridgehead atoms. The molecule has 0 aromatic rings. The maximum atomic E-state index is 11.8. The first-order valence-electron chi connectivity index (χ1n) is 5.89. The van der Waals surface area contributed by atoms with Gasteiger partial charge in [0.05, 0.1) is 6.61 Å². The molecular weight excluding hydrogens is 226 g/mol. The van der Waals surface area contributed by atoms with E-state index in [9.17, 15) is 4.79 Å². The molecule has 1 aliphatic rings. The smallest absolute Gasteiger partial charge is 0.240 e. The van der Waals surface area contributed by atoms with Crippen molar-refractivity contribution in [2.24, 2.45) is 11.3 Å². The third kappa shape index (κ3) is 3.11. The topological polar surface area (TPSA) is 29.5 Å². The molecule has 94 valence electrons. The van der Waals surface area contributed by atoms with E-state index in [2.05, 4.69) is 13.8 Å². The highest BCUT2D eigenvalue weighted by atomic mass is 35.5. The van der Waals surface area contributed by atoms with E-state index in [0.717, 1.165) is 26.3 Å². The van der Waals surface area contributed by atoms with Gasteiger partial charge in [-0.25, -0.2) is 0 Å². The van der Waals surface area contributed by atoms with Crippen LogP contribution in [0.2, 0.25) is 0 Å². The van der Waals surface area contributed by atoms with Crippen molar-refractivity contribution in [2.45, 2.75) is 33.1 Å². The van der Waals surface area contributed by atoms with Gasteiger partial charge in [-0.15, -0.1) is 11.6 Å². The third-order valence-electron chi connectivity index (χ3n) is 3.32. The highest BCUT2D eigenvalue weighted by Gasteiger charge is 2.41. The fourth-order valence-corrected chi connectivity index (χ4v) is 2.29. The number of nitrogens with zero attached hydrogens (tertiary/aromatic N) is 1. The van der Waals surface area contributed by atoms with Crippen LogP contribution < -0.4 is 0 Å². The summed E-state index contributed by atoms with van der Waals surface area (Å²) in [5, 5.41) is -0.429. The van der Waals surface area contributed by atoms with E-state index >= 15 is 0 Å². The van der Waals surface area contributed by atoms with Crippen LogP contribution in [-0.2, 0) is 9.53 Å². The maximum Gasteiger partial charge on any atom is 0.240 e. The minimum Gasteiger partial charge on any atom is -0.381 e. The lowest BCUT2D eigenvalue weighted by Crippen LogP contribution is -2.34. The molecular formula is C12H22ClNO2. The predicted molar refractivity (Wildman–Crippen MR) is 65.7 cm³/mol. The molecule has 0 radical (unpaired) electrons. The molecule has 3 nitrogen and oxygen atoms in total. The summed E-state index contributed by atoms with van der Waals surface area (Å²) >= 11 is 5.83. The zero-order valence-corrected chi connectivity index (χ0v) is 11.4. The summed E-state index contributed by atoms with van der Waals surface area (Å²) in [6, 6.07) is 0. The average Bonchev–Trinajstić information content (AvgIpc) is 2.49. The number of halogens is 1. The Balaban J connectivity index is 2.60. The minimum atomic E-state index is -0.429. The number of carbonyl (C=O) groups is 1. The quantitative estimate of drug-likeness (QED) is 0.713. The molecule has 0 spiro atoms. The molecule has 1 fully saturated rings. The highest BCUT2D eigenvalue weighted by molar-refractivity contribution is 6.30. The molecule has 0 N–H and O–H groups in total. The van der Waals surface area contributed by atoms with Gasteiger partial charge in [0.25, 0.3) is 0 Å². The van der Waals surface area contributed by atoms with Gasteiger partial charge in [-0.05, 0) is 19.3 Å². The summed E-state index contributed by atoms with van der Waals surface area (Å²) in [4.78, 5) is 13.7. The Morgan fingerprint density at radius 1 is 1.62 bits per heavy atom. The summed E-state index contributed by atoms with van der Waals surface area (Å²) in [6.45, 7) is 11.1. The van der Waals surface area contributed by atoms with Crippen LogP contribution >= 0.6 is 11.6 Å². The van der Waals surface area contributed by atoms with E-state index < -0.39 is 5.38 Å². The van der Waals surface area contributed by atoms with E-state index in [1.807, 2.05) is 11.8 Å². The number of ether oxygens (including phenoxy) is 1. The molecule has 16 heavy (non-hydrogen) atoms. The van der Waals surface area contributed by atoms with Crippen molar-refractivity contribution in [3.8, 4) is 0 Å². The third-order valence-corrected chi connectivity index (χ3v) is 3.51. The van der Waals surface area contributed by atoms with Gasteiger partial charge in [0.2, 0.25) is 5.91 Å². The van der Waals surface area contributed by atoms with Crippen LogP contribution in [0.4, 0.5) is 0 Å². The summed E-state index contributed by atoms with van der Waals surface area (Å²) in [5.74, 6) is 0.445. The Hall–Kier alpha value is -0.280. The van der Waals surface area contributed by atoms with Crippen molar-refractivity contribution in [1.82, 2.24) is 4.90 Å². The molecule has 4 heteroatoms. The van der Waals surface area contributed by atoms with E-state index in [1.165, 1.54) is 0 Å². The molecule has 0 unspecified atom stereocenters. The van der Waals surface area contributed by atoms with Gasteiger partial charge in [0.15, 0.2) is 0 Å². The van der Waals surface area contributed by atoms with Crippen LogP contribution in [0.1, 0.15) is 27.7 Å². The molecule has 1 heterocycles. The Morgan fingerprint density at radius 2 is 2.25 bits per heavy atom. The number of alkyl halides is 1. The second-order valence-corrected chi connectivity index (χ2v) is 5.83. The molecule has 1 rings (SSSR count). The Labute approximate surface area is 103 Å². The molecule has 1 saturated heterocycles. The van der Waals surface area contributed by atoms with Gasteiger partial charge in [0.1, 0.15) is 5.38 Å². The average molecular weight is 248 g/mol. The van der Waals surface area contributed by atoms with Gasteiger partial charge in [-0.2, -0.15) is 0 Å². The van der Waals surface area contributed by atoms with Crippen LogP contribution in [0, 0.1) is 11.3 Å². The largest absolute Gasteiger partial charge is 0.381 e. The predicted octanol–water partition coefficient (Wildman–Crippen LogP) is 2.13. The SMILES string of the molecule is CCOC[C@@H]1CN(C(=O)[C@H](C)Cl)CC1(C)C. The van der Waals surface area contributed by atoms with Gasteiger partial charge in [-0.1, -0.05) is 13.8 Å². The zero-order valence-electron chi connectivity index (χ0n) is 10.6. The van der Waals surface area contributed by atoms with Gasteiger partial charge >= 0.3 is 0 Å². The van der Waals surface area contributed by atoms with E-state index in [-0.39, 0.29) is 11.3 Å². The summed E-state index contributed by atoms with van der Waals surface area (Å²) in [6.07, 6.45) is 0. The van der Waals surface area contributed by atoms with Crippen molar-refractivity contribution >= 4 is 17.5 Å². The normalized spacial score (nSPS) is 25.8. The fraction of sp³-hybridized carbons (Fsp3) is 0.917. The second kappa shape index (κ2) is 5.37. The summed E-state index contributed by atoms with van der Waals surface area (Å²) in [5.41, 5.74) is 0.122. The van der Waals surface area contributed by atoms with Crippen molar-refractivity contribution in [2.75, 3.05) is 26.3 Å². The standard InChI is InChI=1S/C12H22ClNO2/c1-5-16-7-10-6-14(8-12(10,3)4)11(15)9(2)13/h9-10H,5-8H2,1-4H3/t9-,10-/m0/s1.